The Morgan fingerprint density at radius 2 is 2.03 bits per heavy atom. The molecule has 0 bridgehead atoms. The molecule has 1 unspecified atom stereocenters. The zero-order valence-corrected chi connectivity index (χ0v) is 21.1. The van der Waals surface area contributed by atoms with Crippen molar-refractivity contribution in [1.29, 1.82) is 5.26 Å². The van der Waals surface area contributed by atoms with E-state index in [-0.39, 0.29) is 11.9 Å². The topological polar surface area (TPSA) is 112 Å². The fourth-order valence-corrected chi connectivity index (χ4v) is 4.75. The van der Waals surface area contributed by atoms with Gasteiger partial charge in [0.15, 0.2) is 5.13 Å². The quantitative estimate of drug-likeness (QED) is 0.280. The highest BCUT2D eigenvalue weighted by Crippen LogP contribution is 2.31. The Balaban J connectivity index is 1.28. The van der Waals surface area contributed by atoms with Crippen molar-refractivity contribution >= 4 is 28.2 Å². The van der Waals surface area contributed by atoms with E-state index in [1.54, 1.807) is 12.5 Å². The minimum Gasteiger partial charge on any atom is -0.382 e. The first kappa shape index (κ1) is 25.7. The van der Waals surface area contributed by atoms with Gasteiger partial charge in [-0.25, -0.2) is 9.97 Å². The molecule has 1 aliphatic rings. The molecule has 1 aromatic carbocycles. The Labute approximate surface area is 215 Å². The Kier molecular flexibility index (Phi) is 9.35. The number of nitriles is 1. The second kappa shape index (κ2) is 13.1. The molecular formula is C26H30N6O3S. The largest absolute Gasteiger partial charge is 0.382 e. The van der Waals surface area contributed by atoms with Crippen molar-refractivity contribution in [2.45, 2.75) is 32.0 Å². The third kappa shape index (κ3) is 7.08. The lowest BCUT2D eigenvalue weighted by atomic mass is 10.1. The van der Waals surface area contributed by atoms with E-state index in [4.69, 9.17) is 19.7 Å². The van der Waals surface area contributed by atoms with Crippen LogP contribution in [-0.4, -0.2) is 54.2 Å². The molecule has 1 atom stereocenters. The number of rotatable bonds is 12. The van der Waals surface area contributed by atoms with Gasteiger partial charge in [0.25, 0.3) is 5.91 Å². The summed E-state index contributed by atoms with van der Waals surface area (Å²) < 4.78 is 10.5. The van der Waals surface area contributed by atoms with Crippen LogP contribution >= 0.6 is 11.3 Å². The molecule has 2 aromatic heterocycles. The normalized spacial score (nSPS) is 15.5. The van der Waals surface area contributed by atoms with Crippen LogP contribution in [-0.2, 0) is 22.6 Å². The summed E-state index contributed by atoms with van der Waals surface area (Å²) in [6, 6.07) is 16.1. The number of amides is 1. The summed E-state index contributed by atoms with van der Waals surface area (Å²) in [5.74, 6) is 0.440. The third-order valence-electron chi connectivity index (χ3n) is 5.90. The number of benzene rings is 1. The van der Waals surface area contributed by atoms with Gasteiger partial charge in [-0.15, -0.1) is 11.3 Å². The van der Waals surface area contributed by atoms with Crippen molar-refractivity contribution in [1.82, 2.24) is 20.2 Å². The fraction of sp³-hybridized carbons (Fsp3) is 0.385. The molecule has 1 amide bonds. The number of hydrogen-bond acceptors (Lipinski definition) is 9. The number of methoxy groups -OCH3 is 1. The van der Waals surface area contributed by atoms with Crippen LogP contribution in [0.1, 0.15) is 46.2 Å². The van der Waals surface area contributed by atoms with Gasteiger partial charge in [-0.1, -0.05) is 30.3 Å². The van der Waals surface area contributed by atoms with E-state index < -0.39 is 0 Å². The minimum atomic E-state index is -0.230. The third-order valence-corrected chi connectivity index (χ3v) is 6.66. The molecule has 3 aromatic rings. The predicted octanol–water partition coefficient (Wildman–Crippen LogP) is 4.04. The highest BCUT2D eigenvalue weighted by Gasteiger charge is 2.26. The van der Waals surface area contributed by atoms with Crippen molar-refractivity contribution in [3.63, 3.8) is 0 Å². The van der Waals surface area contributed by atoms with Crippen LogP contribution in [0.2, 0.25) is 0 Å². The summed E-state index contributed by atoms with van der Waals surface area (Å²) in [5, 5.41) is 17.5. The second-order valence-electron chi connectivity index (χ2n) is 8.44. The molecule has 2 N–H and O–H groups in total. The van der Waals surface area contributed by atoms with Crippen molar-refractivity contribution in [3.05, 3.63) is 70.4 Å². The monoisotopic (exact) mass is 506 g/mol. The summed E-state index contributed by atoms with van der Waals surface area (Å²) in [6.07, 6.45) is 2.05. The number of hydrogen-bond donors (Lipinski definition) is 2. The highest BCUT2D eigenvalue weighted by molar-refractivity contribution is 7.14. The summed E-state index contributed by atoms with van der Waals surface area (Å²) in [5.41, 5.74) is 3.36. The van der Waals surface area contributed by atoms with Crippen LogP contribution in [0.5, 0.6) is 0 Å². The van der Waals surface area contributed by atoms with E-state index in [0.717, 1.165) is 36.2 Å². The van der Waals surface area contributed by atoms with Gasteiger partial charge < -0.3 is 20.1 Å². The first-order valence-electron chi connectivity index (χ1n) is 11.9. The Bertz CT molecular complexity index is 1180. The first-order valence-corrected chi connectivity index (χ1v) is 12.8. The number of thiazole rings is 1. The van der Waals surface area contributed by atoms with Gasteiger partial charge in [0.05, 0.1) is 44.2 Å². The number of carbonyl (C=O) groups excluding carboxylic acids is 1. The van der Waals surface area contributed by atoms with E-state index in [9.17, 15) is 4.79 Å². The summed E-state index contributed by atoms with van der Waals surface area (Å²) in [4.78, 5) is 23.9. The molecule has 0 aliphatic carbocycles. The standard InChI is InChI=1S/C26H30N6O3S/c1-34-14-15-35-17-20-9-7-19(8-10-20)16-28-25(33)22-18-36-26(30-22)31-24-6-2-4-21(29-24)23-5-3-12-32(23)13-11-27/h2,4,6-10,18,23H,3,5,12-17H2,1H3,(H,28,33)(H,29,30,31). The van der Waals surface area contributed by atoms with Crippen molar-refractivity contribution in [3.8, 4) is 6.07 Å². The minimum absolute atomic E-state index is 0.154. The maximum absolute atomic E-state index is 12.6. The SMILES string of the molecule is COCCOCc1ccc(CNC(=O)c2csc(Nc3cccc(C4CCCN4CC#N)n3)n2)cc1. The molecule has 188 valence electrons. The molecular weight excluding hydrogens is 476 g/mol. The van der Waals surface area contributed by atoms with Crippen LogP contribution in [0.4, 0.5) is 10.9 Å². The van der Waals surface area contributed by atoms with Gasteiger partial charge in [0.1, 0.15) is 11.5 Å². The van der Waals surface area contributed by atoms with Crippen LogP contribution in [0.25, 0.3) is 0 Å². The van der Waals surface area contributed by atoms with Crippen molar-refractivity contribution in [2.75, 3.05) is 38.7 Å². The number of ether oxygens (including phenoxy) is 2. The number of anilines is 2. The van der Waals surface area contributed by atoms with Crippen LogP contribution in [0.3, 0.4) is 0 Å². The molecule has 4 rings (SSSR count). The van der Waals surface area contributed by atoms with E-state index in [1.807, 2.05) is 42.5 Å². The molecule has 0 spiro atoms. The molecule has 1 aliphatic heterocycles. The lowest BCUT2D eigenvalue weighted by Gasteiger charge is -2.21. The van der Waals surface area contributed by atoms with Crippen molar-refractivity contribution < 1.29 is 14.3 Å². The number of likely N-dealkylation sites (tertiary alicyclic amines) is 1. The highest BCUT2D eigenvalue weighted by atomic mass is 32.1. The average molecular weight is 507 g/mol. The molecule has 36 heavy (non-hydrogen) atoms. The number of nitrogens with one attached hydrogen (secondary N) is 2. The smallest absolute Gasteiger partial charge is 0.271 e. The average Bonchev–Trinajstić information content (AvgIpc) is 3.56. The Morgan fingerprint density at radius 1 is 1.19 bits per heavy atom. The van der Waals surface area contributed by atoms with Gasteiger partial charge in [0.2, 0.25) is 0 Å². The van der Waals surface area contributed by atoms with Crippen molar-refractivity contribution in [2.24, 2.45) is 0 Å². The van der Waals surface area contributed by atoms with Gasteiger partial charge in [-0.3, -0.25) is 9.69 Å². The zero-order chi connectivity index (χ0) is 25.2. The molecule has 3 heterocycles. The zero-order valence-electron chi connectivity index (χ0n) is 20.3. The molecule has 1 saturated heterocycles. The number of nitrogens with zero attached hydrogens (tertiary/aromatic N) is 4. The van der Waals surface area contributed by atoms with Gasteiger partial charge >= 0.3 is 0 Å². The second-order valence-corrected chi connectivity index (χ2v) is 9.30. The van der Waals surface area contributed by atoms with Gasteiger partial charge in [-0.05, 0) is 42.6 Å². The van der Waals surface area contributed by atoms with E-state index in [0.29, 0.717) is 49.6 Å². The van der Waals surface area contributed by atoms with E-state index >= 15 is 0 Å². The molecule has 0 saturated carbocycles. The summed E-state index contributed by atoms with van der Waals surface area (Å²) in [6.45, 7) is 3.39. The Hall–Kier alpha value is -3.36. The molecule has 9 nitrogen and oxygen atoms in total. The van der Waals surface area contributed by atoms with Gasteiger partial charge in [-0.2, -0.15) is 5.26 Å². The lowest BCUT2D eigenvalue weighted by Crippen LogP contribution is -2.24. The van der Waals surface area contributed by atoms with E-state index in [1.165, 1.54) is 11.3 Å². The molecule has 1 fully saturated rings. The first-order chi connectivity index (χ1) is 17.7. The Morgan fingerprint density at radius 3 is 2.83 bits per heavy atom. The number of carbonyl (C=O) groups is 1. The van der Waals surface area contributed by atoms with Crippen LogP contribution < -0.4 is 10.6 Å². The molecule has 0 radical (unpaired) electrons. The fourth-order valence-electron chi connectivity index (χ4n) is 4.05. The summed E-state index contributed by atoms with van der Waals surface area (Å²) >= 11 is 1.35. The van der Waals surface area contributed by atoms with Crippen LogP contribution in [0, 0.1) is 11.3 Å². The number of aromatic nitrogens is 2. The summed E-state index contributed by atoms with van der Waals surface area (Å²) in [7, 11) is 1.65. The van der Waals surface area contributed by atoms with Crippen LogP contribution in [0.15, 0.2) is 47.8 Å². The predicted molar refractivity (Wildman–Crippen MR) is 138 cm³/mol. The van der Waals surface area contributed by atoms with Gasteiger partial charge in [0, 0.05) is 19.0 Å². The lowest BCUT2D eigenvalue weighted by molar-refractivity contribution is 0.0616. The number of pyridine rings is 1. The maximum atomic E-state index is 12.6. The maximum Gasteiger partial charge on any atom is 0.271 e. The molecule has 10 heteroatoms. The van der Waals surface area contributed by atoms with E-state index in [2.05, 4.69) is 26.6 Å².